The summed E-state index contributed by atoms with van der Waals surface area (Å²) in [5.41, 5.74) is 6.80. The van der Waals surface area contributed by atoms with E-state index in [1.165, 1.54) is 12.8 Å². The van der Waals surface area contributed by atoms with Crippen LogP contribution in [0.15, 0.2) is 30.3 Å². The zero-order valence-electron chi connectivity index (χ0n) is 13.1. The van der Waals surface area contributed by atoms with Gasteiger partial charge in [0.1, 0.15) is 17.3 Å². The molecular weight excluding hydrogens is 276 g/mol. The van der Waals surface area contributed by atoms with Gasteiger partial charge in [-0.2, -0.15) is 4.98 Å². The minimum atomic E-state index is 0.437. The maximum atomic E-state index is 6.28. The fraction of sp³-hybridized carbons (Fsp3) is 0.412. The normalized spacial score (nSPS) is 18.3. The highest BCUT2D eigenvalue weighted by molar-refractivity contribution is 5.68. The van der Waals surface area contributed by atoms with Gasteiger partial charge in [-0.05, 0) is 37.8 Å². The van der Waals surface area contributed by atoms with E-state index in [0.717, 1.165) is 24.7 Å². The Hall–Kier alpha value is -2.30. The quantitative estimate of drug-likeness (QED) is 0.941. The molecule has 1 fully saturated rings. The molecule has 1 atom stereocenters. The number of para-hydroxylation sites is 1. The Morgan fingerprint density at radius 1 is 1.23 bits per heavy atom. The second-order valence-corrected chi connectivity index (χ2v) is 5.92. The summed E-state index contributed by atoms with van der Waals surface area (Å²) in [6, 6.07) is 9.57. The fourth-order valence-corrected chi connectivity index (χ4v) is 2.84. The summed E-state index contributed by atoms with van der Waals surface area (Å²) in [7, 11) is 0. The first kappa shape index (κ1) is 14.6. The lowest BCUT2D eigenvalue weighted by atomic mass is 10.0. The average molecular weight is 298 g/mol. The van der Waals surface area contributed by atoms with E-state index < -0.39 is 0 Å². The number of hydrogen-bond donors (Lipinski definition) is 1. The van der Waals surface area contributed by atoms with Crippen LogP contribution in [0.1, 0.15) is 25.6 Å². The van der Waals surface area contributed by atoms with Gasteiger partial charge in [-0.25, -0.2) is 4.98 Å². The van der Waals surface area contributed by atoms with E-state index in [-0.39, 0.29) is 0 Å². The Balaban J connectivity index is 1.91. The highest BCUT2D eigenvalue weighted by Crippen LogP contribution is 2.34. The van der Waals surface area contributed by atoms with Gasteiger partial charge in [0.15, 0.2) is 5.82 Å². The predicted octanol–water partition coefficient (Wildman–Crippen LogP) is 3.40. The summed E-state index contributed by atoms with van der Waals surface area (Å²) in [6.45, 7) is 6.09. The molecule has 5 heteroatoms. The Kier molecular flexibility index (Phi) is 4.13. The van der Waals surface area contributed by atoms with Gasteiger partial charge in [0.25, 0.3) is 0 Å². The summed E-state index contributed by atoms with van der Waals surface area (Å²) in [6.07, 6.45) is 2.42. The van der Waals surface area contributed by atoms with Crippen LogP contribution in [-0.2, 0) is 0 Å². The lowest BCUT2D eigenvalue weighted by molar-refractivity contribution is 0.440. The van der Waals surface area contributed by atoms with E-state index in [1.807, 2.05) is 37.3 Å². The number of benzene rings is 1. The molecule has 0 saturated carbocycles. The molecule has 1 aliphatic heterocycles. The number of nitrogens with two attached hydrogens (primary N) is 1. The van der Waals surface area contributed by atoms with Crippen molar-refractivity contribution in [1.29, 1.82) is 0 Å². The van der Waals surface area contributed by atoms with E-state index in [1.54, 1.807) is 0 Å². The summed E-state index contributed by atoms with van der Waals surface area (Å²) in [5, 5.41) is 0. The standard InChI is InChI=1S/C17H22N4O/c1-12-7-6-10-21(11-12)16-15(18)17(20-13(2)19-16)22-14-8-4-3-5-9-14/h3-5,8-9,12H,6-7,10-11,18H2,1-2H3/t12-/m0/s1. The average Bonchev–Trinajstić information content (AvgIpc) is 2.51. The van der Waals surface area contributed by atoms with Crippen molar-refractivity contribution in [3.8, 4) is 11.6 Å². The largest absolute Gasteiger partial charge is 0.437 e. The summed E-state index contributed by atoms with van der Waals surface area (Å²) < 4.78 is 5.85. The lowest BCUT2D eigenvalue weighted by Gasteiger charge is -2.32. The van der Waals surface area contributed by atoms with Crippen molar-refractivity contribution in [2.45, 2.75) is 26.7 Å². The number of aryl methyl sites for hydroxylation is 1. The van der Waals surface area contributed by atoms with Gasteiger partial charge in [0.05, 0.1) is 0 Å². The first-order valence-corrected chi connectivity index (χ1v) is 7.75. The minimum absolute atomic E-state index is 0.437. The summed E-state index contributed by atoms with van der Waals surface area (Å²) in [5.74, 6) is 3.29. The van der Waals surface area contributed by atoms with E-state index in [0.29, 0.717) is 23.3 Å². The third-order valence-electron chi connectivity index (χ3n) is 3.92. The summed E-state index contributed by atoms with van der Waals surface area (Å²) >= 11 is 0. The van der Waals surface area contributed by atoms with Crippen LogP contribution in [0.4, 0.5) is 11.5 Å². The fourth-order valence-electron chi connectivity index (χ4n) is 2.84. The molecule has 0 unspecified atom stereocenters. The monoisotopic (exact) mass is 298 g/mol. The van der Waals surface area contributed by atoms with Gasteiger partial charge < -0.3 is 15.4 Å². The van der Waals surface area contributed by atoms with Crippen molar-refractivity contribution in [3.63, 3.8) is 0 Å². The predicted molar refractivity (Wildman–Crippen MR) is 88.3 cm³/mol. The second kappa shape index (κ2) is 6.22. The highest BCUT2D eigenvalue weighted by Gasteiger charge is 2.22. The number of nitrogens with zero attached hydrogens (tertiary/aromatic N) is 3. The zero-order chi connectivity index (χ0) is 15.5. The van der Waals surface area contributed by atoms with Gasteiger partial charge in [0.2, 0.25) is 5.88 Å². The molecule has 1 aromatic heterocycles. The molecule has 0 bridgehead atoms. The van der Waals surface area contributed by atoms with Crippen LogP contribution in [-0.4, -0.2) is 23.1 Å². The van der Waals surface area contributed by atoms with E-state index in [4.69, 9.17) is 10.5 Å². The van der Waals surface area contributed by atoms with Crippen molar-refractivity contribution in [2.75, 3.05) is 23.7 Å². The maximum absolute atomic E-state index is 6.28. The molecule has 1 aromatic carbocycles. The van der Waals surface area contributed by atoms with Crippen molar-refractivity contribution in [3.05, 3.63) is 36.2 Å². The second-order valence-electron chi connectivity index (χ2n) is 5.92. The lowest BCUT2D eigenvalue weighted by Crippen LogP contribution is -2.35. The Bertz CT molecular complexity index is 645. The number of aromatic nitrogens is 2. The zero-order valence-corrected chi connectivity index (χ0v) is 13.1. The van der Waals surface area contributed by atoms with Crippen LogP contribution >= 0.6 is 0 Å². The smallest absolute Gasteiger partial charge is 0.248 e. The molecule has 2 aromatic rings. The molecule has 0 amide bonds. The Morgan fingerprint density at radius 3 is 2.73 bits per heavy atom. The number of piperidine rings is 1. The molecule has 3 rings (SSSR count). The van der Waals surface area contributed by atoms with Gasteiger partial charge in [-0.3, -0.25) is 0 Å². The molecule has 2 N–H and O–H groups in total. The SMILES string of the molecule is Cc1nc(Oc2ccccc2)c(N)c(N2CCC[C@H](C)C2)n1. The first-order chi connectivity index (χ1) is 10.6. The van der Waals surface area contributed by atoms with Crippen LogP contribution in [0.3, 0.4) is 0 Å². The third kappa shape index (κ3) is 3.13. The van der Waals surface area contributed by atoms with Crippen LogP contribution in [0.25, 0.3) is 0 Å². The number of nitrogen functional groups attached to an aromatic ring is 1. The number of hydrogen-bond acceptors (Lipinski definition) is 5. The molecular formula is C17H22N4O. The minimum Gasteiger partial charge on any atom is -0.437 e. The molecule has 2 heterocycles. The van der Waals surface area contributed by atoms with E-state index in [2.05, 4.69) is 21.8 Å². The van der Waals surface area contributed by atoms with Crippen molar-refractivity contribution >= 4 is 11.5 Å². The molecule has 0 spiro atoms. The van der Waals surface area contributed by atoms with Gasteiger partial charge in [0, 0.05) is 13.1 Å². The van der Waals surface area contributed by atoms with Crippen molar-refractivity contribution < 1.29 is 4.74 Å². The number of anilines is 2. The molecule has 0 aliphatic carbocycles. The van der Waals surface area contributed by atoms with E-state index in [9.17, 15) is 0 Å². The third-order valence-corrected chi connectivity index (χ3v) is 3.92. The Labute approximate surface area is 131 Å². The molecule has 0 radical (unpaired) electrons. The molecule has 5 nitrogen and oxygen atoms in total. The first-order valence-electron chi connectivity index (χ1n) is 7.75. The van der Waals surface area contributed by atoms with Crippen LogP contribution in [0, 0.1) is 12.8 Å². The molecule has 1 saturated heterocycles. The van der Waals surface area contributed by atoms with E-state index >= 15 is 0 Å². The molecule has 116 valence electrons. The Morgan fingerprint density at radius 2 is 2.00 bits per heavy atom. The summed E-state index contributed by atoms with van der Waals surface area (Å²) in [4.78, 5) is 11.1. The number of ether oxygens (including phenoxy) is 1. The van der Waals surface area contributed by atoms with Crippen LogP contribution in [0.5, 0.6) is 11.6 Å². The maximum Gasteiger partial charge on any atom is 0.248 e. The van der Waals surface area contributed by atoms with Crippen LogP contribution in [0.2, 0.25) is 0 Å². The van der Waals surface area contributed by atoms with Gasteiger partial charge in [-0.15, -0.1) is 0 Å². The highest BCUT2D eigenvalue weighted by atomic mass is 16.5. The van der Waals surface area contributed by atoms with Crippen molar-refractivity contribution in [2.24, 2.45) is 5.92 Å². The topological polar surface area (TPSA) is 64.3 Å². The van der Waals surface area contributed by atoms with Gasteiger partial charge >= 0.3 is 0 Å². The number of rotatable bonds is 3. The molecule has 1 aliphatic rings. The van der Waals surface area contributed by atoms with Crippen LogP contribution < -0.4 is 15.4 Å². The van der Waals surface area contributed by atoms with Crippen molar-refractivity contribution in [1.82, 2.24) is 9.97 Å². The molecule has 22 heavy (non-hydrogen) atoms. The van der Waals surface area contributed by atoms with Gasteiger partial charge in [-0.1, -0.05) is 25.1 Å².